The number of aromatic amines is 1. The number of sulfonamides is 1. The zero-order valence-electron chi connectivity index (χ0n) is 10.8. The number of anilines is 1. The first-order valence-electron chi connectivity index (χ1n) is 6.09. The maximum atomic E-state index is 12.5. The SMILES string of the molecule is Nc1ccc2c(S(=O)(=O)N(CCO)CCO)c[nH]c2c1. The highest BCUT2D eigenvalue weighted by atomic mass is 32.2. The first-order chi connectivity index (χ1) is 9.50. The average molecular weight is 299 g/mol. The Balaban J connectivity index is 2.50. The Morgan fingerprint density at radius 1 is 1.20 bits per heavy atom. The Morgan fingerprint density at radius 2 is 1.85 bits per heavy atom. The number of hydrogen-bond acceptors (Lipinski definition) is 5. The Labute approximate surface area is 116 Å². The molecular formula is C12H17N3O4S. The summed E-state index contributed by atoms with van der Waals surface area (Å²) in [6.07, 6.45) is 1.39. The van der Waals surface area contributed by atoms with Crippen LogP contribution in [0.2, 0.25) is 0 Å². The number of nitrogens with two attached hydrogens (primary N) is 1. The van der Waals surface area contributed by atoms with Gasteiger partial charge in [0.2, 0.25) is 10.0 Å². The molecule has 0 unspecified atom stereocenters. The number of aromatic nitrogens is 1. The van der Waals surface area contributed by atoms with Crippen molar-refractivity contribution in [2.24, 2.45) is 0 Å². The van der Waals surface area contributed by atoms with Gasteiger partial charge in [-0.25, -0.2) is 8.42 Å². The number of fused-ring (bicyclic) bond motifs is 1. The second-order valence-corrected chi connectivity index (χ2v) is 6.22. The van der Waals surface area contributed by atoms with Gasteiger partial charge in [-0.05, 0) is 18.2 Å². The van der Waals surface area contributed by atoms with E-state index in [0.717, 1.165) is 4.31 Å². The second-order valence-electron chi connectivity index (χ2n) is 4.31. The number of aliphatic hydroxyl groups is 2. The Morgan fingerprint density at radius 3 is 2.45 bits per heavy atom. The highest BCUT2D eigenvalue weighted by molar-refractivity contribution is 7.89. The smallest absolute Gasteiger partial charge is 0.245 e. The minimum Gasteiger partial charge on any atom is -0.399 e. The van der Waals surface area contributed by atoms with Crippen LogP contribution in [0.3, 0.4) is 0 Å². The molecule has 0 aliphatic carbocycles. The summed E-state index contributed by atoms with van der Waals surface area (Å²) in [4.78, 5) is 2.97. The van der Waals surface area contributed by atoms with E-state index in [0.29, 0.717) is 16.6 Å². The van der Waals surface area contributed by atoms with Crippen molar-refractivity contribution in [3.05, 3.63) is 24.4 Å². The normalized spacial score (nSPS) is 12.3. The van der Waals surface area contributed by atoms with Gasteiger partial charge < -0.3 is 20.9 Å². The molecule has 2 rings (SSSR count). The maximum absolute atomic E-state index is 12.5. The molecule has 1 aromatic carbocycles. The standard InChI is InChI=1S/C12H17N3O4S/c13-9-1-2-10-11(7-9)14-8-12(10)20(18,19)15(3-5-16)4-6-17/h1-2,7-8,14,16-17H,3-6,13H2. The zero-order valence-corrected chi connectivity index (χ0v) is 11.6. The summed E-state index contributed by atoms with van der Waals surface area (Å²) in [6, 6.07) is 4.90. The number of aliphatic hydroxyl groups excluding tert-OH is 2. The fourth-order valence-electron chi connectivity index (χ4n) is 2.04. The van der Waals surface area contributed by atoms with Gasteiger partial charge in [-0.2, -0.15) is 4.31 Å². The largest absolute Gasteiger partial charge is 0.399 e. The number of rotatable bonds is 6. The van der Waals surface area contributed by atoms with Gasteiger partial charge in [0.25, 0.3) is 0 Å². The fraction of sp³-hybridized carbons (Fsp3) is 0.333. The van der Waals surface area contributed by atoms with Crippen LogP contribution in [-0.2, 0) is 10.0 Å². The number of benzene rings is 1. The lowest BCUT2D eigenvalue weighted by Gasteiger charge is -2.19. The molecule has 0 atom stereocenters. The number of nitrogen functional groups attached to an aromatic ring is 1. The summed E-state index contributed by atoms with van der Waals surface area (Å²) in [7, 11) is -3.78. The third-order valence-electron chi connectivity index (χ3n) is 2.98. The molecule has 20 heavy (non-hydrogen) atoms. The van der Waals surface area contributed by atoms with Crippen molar-refractivity contribution < 1.29 is 18.6 Å². The van der Waals surface area contributed by atoms with E-state index in [4.69, 9.17) is 15.9 Å². The predicted molar refractivity (Wildman–Crippen MR) is 75.6 cm³/mol. The fourth-order valence-corrected chi connectivity index (χ4v) is 3.63. The predicted octanol–water partition coefficient (Wildman–Crippen LogP) is -0.275. The third-order valence-corrected chi connectivity index (χ3v) is 4.92. The molecule has 0 fully saturated rings. The van der Waals surface area contributed by atoms with Crippen LogP contribution in [0.15, 0.2) is 29.3 Å². The van der Waals surface area contributed by atoms with Crippen molar-refractivity contribution in [2.75, 3.05) is 32.0 Å². The van der Waals surface area contributed by atoms with E-state index < -0.39 is 10.0 Å². The Kier molecular flexibility index (Phi) is 4.29. The third kappa shape index (κ3) is 2.63. The lowest BCUT2D eigenvalue weighted by Crippen LogP contribution is -2.35. The van der Waals surface area contributed by atoms with Crippen molar-refractivity contribution in [3.63, 3.8) is 0 Å². The first kappa shape index (κ1) is 14.8. The molecule has 2 aromatic rings. The molecule has 0 radical (unpaired) electrons. The van der Waals surface area contributed by atoms with Crippen molar-refractivity contribution >= 4 is 26.6 Å². The molecule has 0 bridgehead atoms. The van der Waals surface area contributed by atoms with Crippen molar-refractivity contribution in [1.29, 1.82) is 0 Å². The molecule has 110 valence electrons. The van der Waals surface area contributed by atoms with Crippen molar-refractivity contribution in [3.8, 4) is 0 Å². The van der Waals surface area contributed by atoms with E-state index in [1.165, 1.54) is 6.20 Å². The minimum atomic E-state index is -3.78. The second kappa shape index (κ2) is 5.80. The van der Waals surface area contributed by atoms with Gasteiger partial charge in [-0.1, -0.05) is 0 Å². The molecular weight excluding hydrogens is 282 g/mol. The maximum Gasteiger partial charge on any atom is 0.245 e. The van der Waals surface area contributed by atoms with E-state index in [-0.39, 0.29) is 31.2 Å². The van der Waals surface area contributed by atoms with Crippen molar-refractivity contribution in [2.45, 2.75) is 4.90 Å². The van der Waals surface area contributed by atoms with Crippen molar-refractivity contribution in [1.82, 2.24) is 9.29 Å². The molecule has 7 nitrogen and oxygen atoms in total. The molecule has 0 saturated heterocycles. The van der Waals surface area contributed by atoms with Gasteiger partial charge in [0, 0.05) is 35.9 Å². The summed E-state index contributed by atoms with van der Waals surface area (Å²) in [5.74, 6) is 0. The Bertz CT molecular complexity index is 690. The lowest BCUT2D eigenvalue weighted by atomic mass is 10.2. The lowest BCUT2D eigenvalue weighted by molar-refractivity contribution is 0.217. The average Bonchev–Trinajstić information content (AvgIpc) is 2.82. The topological polar surface area (TPSA) is 120 Å². The highest BCUT2D eigenvalue weighted by Gasteiger charge is 2.26. The molecule has 0 aliphatic rings. The van der Waals surface area contributed by atoms with Gasteiger partial charge in [-0.15, -0.1) is 0 Å². The van der Waals surface area contributed by atoms with Crippen LogP contribution in [0.25, 0.3) is 10.9 Å². The number of hydrogen-bond donors (Lipinski definition) is 4. The molecule has 1 aromatic heterocycles. The van der Waals surface area contributed by atoms with E-state index in [1.807, 2.05) is 0 Å². The van der Waals surface area contributed by atoms with Crippen LogP contribution in [0.4, 0.5) is 5.69 Å². The van der Waals surface area contributed by atoms with Gasteiger partial charge in [0.05, 0.1) is 13.2 Å². The molecule has 1 heterocycles. The zero-order chi connectivity index (χ0) is 14.8. The summed E-state index contributed by atoms with van der Waals surface area (Å²) >= 11 is 0. The molecule has 0 aliphatic heterocycles. The van der Waals surface area contributed by atoms with Gasteiger partial charge in [0.1, 0.15) is 4.90 Å². The summed E-state index contributed by atoms with van der Waals surface area (Å²) in [5, 5.41) is 18.5. The molecule has 0 spiro atoms. The highest BCUT2D eigenvalue weighted by Crippen LogP contribution is 2.26. The van der Waals surface area contributed by atoms with Crippen LogP contribution in [0.5, 0.6) is 0 Å². The van der Waals surface area contributed by atoms with Crippen LogP contribution >= 0.6 is 0 Å². The first-order valence-corrected chi connectivity index (χ1v) is 7.53. The van der Waals surface area contributed by atoms with Crippen LogP contribution in [0, 0.1) is 0 Å². The molecule has 0 amide bonds. The van der Waals surface area contributed by atoms with E-state index in [9.17, 15) is 8.42 Å². The van der Waals surface area contributed by atoms with E-state index in [1.54, 1.807) is 18.2 Å². The van der Waals surface area contributed by atoms with Crippen LogP contribution in [0.1, 0.15) is 0 Å². The van der Waals surface area contributed by atoms with E-state index in [2.05, 4.69) is 4.98 Å². The molecule has 0 saturated carbocycles. The quantitative estimate of drug-likeness (QED) is 0.547. The van der Waals surface area contributed by atoms with Gasteiger partial charge in [-0.3, -0.25) is 0 Å². The molecule has 5 N–H and O–H groups in total. The number of H-pyrrole nitrogens is 1. The summed E-state index contributed by atoms with van der Waals surface area (Å²) < 4.78 is 26.1. The Hall–Kier alpha value is -1.61. The van der Waals surface area contributed by atoms with Crippen LogP contribution in [-0.4, -0.2) is 54.2 Å². The number of nitrogens with zero attached hydrogens (tertiary/aromatic N) is 1. The molecule has 8 heteroatoms. The summed E-state index contributed by atoms with van der Waals surface area (Å²) in [5.41, 5.74) is 6.81. The van der Waals surface area contributed by atoms with E-state index >= 15 is 0 Å². The van der Waals surface area contributed by atoms with Gasteiger partial charge >= 0.3 is 0 Å². The summed E-state index contributed by atoms with van der Waals surface area (Å²) in [6.45, 7) is -0.752. The van der Waals surface area contributed by atoms with Crippen LogP contribution < -0.4 is 5.73 Å². The van der Waals surface area contributed by atoms with Gasteiger partial charge in [0.15, 0.2) is 0 Å². The monoisotopic (exact) mass is 299 g/mol. The number of nitrogens with one attached hydrogen (secondary N) is 1. The minimum absolute atomic E-state index is 0.0649.